The third kappa shape index (κ3) is 4.15. The number of benzene rings is 7. The number of nitrogens with zero attached hydrogens (tertiary/aromatic N) is 3. The fourth-order valence-electron chi connectivity index (χ4n) is 9.92. The lowest BCUT2D eigenvalue weighted by Crippen LogP contribution is -2.15. The van der Waals surface area contributed by atoms with Crippen LogP contribution in [0.2, 0.25) is 0 Å². The highest BCUT2D eigenvalue weighted by molar-refractivity contribution is 6.31. The molecule has 0 spiro atoms. The van der Waals surface area contributed by atoms with Gasteiger partial charge < -0.3 is 13.7 Å². The van der Waals surface area contributed by atoms with E-state index >= 15 is 0 Å². The second-order valence-corrected chi connectivity index (χ2v) is 15.3. The standard InChI is InChI=1S/C52H39N3/c1-5-19-42-36(6-2)40-32-35(30-31-45(40)53(42)33-20-9-7-10-21-33)55-44-29-18-15-26-39(44)48-50(55)46-37-24-13-16-27-41(37)52(3,4)49(46)47-38-25-14-17-28-43(38)54(51(47)48)34-22-11-8-12-23-34/h5-32H,2H2,1,3-4H3/b19-5-. The normalized spacial score (nSPS) is 13.5. The molecular weight excluding hydrogens is 667 g/mol. The maximum Gasteiger partial charge on any atom is 0.0644 e. The van der Waals surface area contributed by atoms with E-state index in [-0.39, 0.29) is 5.41 Å². The fourth-order valence-corrected chi connectivity index (χ4v) is 9.92. The van der Waals surface area contributed by atoms with Gasteiger partial charge in [-0.15, -0.1) is 0 Å². The van der Waals surface area contributed by atoms with E-state index in [0.29, 0.717) is 0 Å². The number of rotatable bonds is 5. The third-order valence-electron chi connectivity index (χ3n) is 12.1. The minimum Gasteiger partial charge on any atom is -0.309 e. The summed E-state index contributed by atoms with van der Waals surface area (Å²) in [7, 11) is 0. The van der Waals surface area contributed by atoms with E-state index in [2.05, 4.69) is 205 Å². The Morgan fingerprint density at radius 3 is 1.76 bits per heavy atom. The molecule has 0 unspecified atom stereocenters. The molecule has 55 heavy (non-hydrogen) atoms. The third-order valence-corrected chi connectivity index (χ3v) is 12.1. The zero-order chi connectivity index (χ0) is 37.0. The molecule has 3 aromatic heterocycles. The van der Waals surface area contributed by atoms with Crippen LogP contribution in [0.3, 0.4) is 0 Å². The molecule has 3 heteroatoms. The van der Waals surface area contributed by atoms with Crippen molar-refractivity contribution in [1.29, 1.82) is 0 Å². The molecule has 0 atom stereocenters. The number of allylic oxidation sites excluding steroid dienone is 1. The van der Waals surface area contributed by atoms with Crippen LogP contribution in [0.15, 0.2) is 164 Å². The van der Waals surface area contributed by atoms with Crippen molar-refractivity contribution >= 4 is 66.7 Å². The van der Waals surface area contributed by atoms with Crippen LogP contribution in [-0.4, -0.2) is 13.7 Å². The maximum absolute atomic E-state index is 4.35. The smallest absolute Gasteiger partial charge is 0.0644 e. The molecule has 0 N–H and O–H groups in total. The number of aromatic nitrogens is 3. The molecule has 0 fully saturated rings. The lowest BCUT2D eigenvalue weighted by Gasteiger charge is -2.23. The Morgan fingerprint density at radius 2 is 1.09 bits per heavy atom. The summed E-state index contributed by atoms with van der Waals surface area (Å²) in [5.41, 5.74) is 16.9. The van der Waals surface area contributed by atoms with Crippen LogP contribution in [0.5, 0.6) is 0 Å². The first-order valence-corrected chi connectivity index (χ1v) is 19.2. The molecule has 3 heterocycles. The molecular formula is C52H39N3. The van der Waals surface area contributed by atoms with Gasteiger partial charge in [0.05, 0.1) is 33.3 Å². The van der Waals surface area contributed by atoms with Crippen LogP contribution in [0, 0.1) is 0 Å². The molecule has 11 rings (SSSR count). The number of hydrogen-bond acceptors (Lipinski definition) is 0. The quantitative estimate of drug-likeness (QED) is 0.169. The highest BCUT2D eigenvalue weighted by atomic mass is 15.0. The van der Waals surface area contributed by atoms with Gasteiger partial charge in [0, 0.05) is 60.5 Å². The van der Waals surface area contributed by atoms with Gasteiger partial charge in [-0.1, -0.05) is 130 Å². The predicted molar refractivity (Wildman–Crippen MR) is 234 cm³/mol. The van der Waals surface area contributed by atoms with Crippen molar-refractivity contribution in [2.24, 2.45) is 0 Å². The molecule has 7 aromatic carbocycles. The molecule has 0 bridgehead atoms. The Kier molecular flexibility index (Phi) is 6.67. The van der Waals surface area contributed by atoms with E-state index < -0.39 is 0 Å². The van der Waals surface area contributed by atoms with Crippen molar-refractivity contribution in [3.8, 4) is 28.2 Å². The SMILES string of the molecule is C=Cc1c(/C=C\C)n(-c2ccccc2)c2ccc(-n3c4ccccc4c4c3c3c(c5c6ccccc6n(-c6ccccc6)c54)C(C)(C)c4ccccc4-3)cc12. The van der Waals surface area contributed by atoms with Crippen molar-refractivity contribution in [3.63, 3.8) is 0 Å². The van der Waals surface area contributed by atoms with Crippen molar-refractivity contribution < 1.29 is 0 Å². The molecule has 1 aliphatic carbocycles. The molecule has 262 valence electrons. The van der Waals surface area contributed by atoms with Gasteiger partial charge in [-0.25, -0.2) is 0 Å². The zero-order valence-electron chi connectivity index (χ0n) is 31.2. The van der Waals surface area contributed by atoms with Crippen LogP contribution in [0.4, 0.5) is 0 Å². The minimum absolute atomic E-state index is 0.237. The Labute approximate surface area is 320 Å². The topological polar surface area (TPSA) is 14.8 Å². The molecule has 0 amide bonds. The van der Waals surface area contributed by atoms with Gasteiger partial charge in [0.25, 0.3) is 0 Å². The van der Waals surface area contributed by atoms with Crippen LogP contribution >= 0.6 is 0 Å². The van der Waals surface area contributed by atoms with Gasteiger partial charge in [0.1, 0.15) is 0 Å². The van der Waals surface area contributed by atoms with Crippen molar-refractivity contribution in [3.05, 3.63) is 187 Å². The van der Waals surface area contributed by atoms with E-state index in [9.17, 15) is 0 Å². The summed E-state index contributed by atoms with van der Waals surface area (Å²) < 4.78 is 7.43. The Bertz CT molecular complexity index is 3240. The first kappa shape index (κ1) is 31.7. The minimum atomic E-state index is -0.237. The first-order chi connectivity index (χ1) is 27.0. The number of para-hydroxylation sites is 4. The Hall–Kier alpha value is -6.84. The highest BCUT2D eigenvalue weighted by Gasteiger charge is 2.41. The summed E-state index contributed by atoms with van der Waals surface area (Å²) in [4.78, 5) is 0. The monoisotopic (exact) mass is 705 g/mol. The first-order valence-electron chi connectivity index (χ1n) is 19.2. The molecule has 1 aliphatic rings. The van der Waals surface area contributed by atoms with E-state index in [1.165, 1.54) is 71.3 Å². The molecule has 0 saturated carbocycles. The summed E-state index contributed by atoms with van der Waals surface area (Å²) in [5, 5.41) is 6.32. The second-order valence-electron chi connectivity index (χ2n) is 15.3. The molecule has 0 aliphatic heterocycles. The molecule has 3 nitrogen and oxygen atoms in total. The van der Waals surface area contributed by atoms with Crippen molar-refractivity contribution in [2.75, 3.05) is 0 Å². The average Bonchev–Trinajstić information content (AvgIpc) is 3.92. The van der Waals surface area contributed by atoms with Crippen LogP contribution in [0.25, 0.3) is 94.9 Å². The average molecular weight is 706 g/mol. The largest absolute Gasteiger partial charge is 0.309 e. The van der Waals surface area contributed by atoms with Gasteiger partial charge in [-0.05, 0) is 84.3 Å². The highest BCUT2D eigenvalue weighted by Crippen LogP contribution is 2.58. The zero-order valence-corrected chi connectivity index (χ0v) is 31.2. The Balaban J connectivity index is 1.38. The van der Waals surface area contributed by atoms with Gasteiger partial charge in [-0.3, -0.25) is 0 Å². The predicted octanol–water partition coefficient (Wildman–Crippen LogP) is 13.8. The van der Waals surface area contributed by atoms with Crippen LogP contribution in [0.1, 0.15) is 43.2 Å². The number of hydrogen-bond donors (Lipinski definition) is 0. The van der Waals surface area contributed by atoms with Crippen molar-refractivity contribution in [1.82, 2.24) is 13.7 Å². The van der Waals surface area contributed by atoms with E-state index in [1.54, 1.807) is 0 Å². The van der Waals surface area contributed by atoms with Crippen LogP contribution < -0.4 is 0 Å². The van der Waals surface area contributed by atoms with Gasteiger partial charge in [-0.2, -0.15) is 0 Å². The lowest BCUT2D eigenvalue weighted by atomic mass is 9.80. The molecule has 0 radical (unpaired) electrons. The fraction of sp³-hybridized carbons (Fsp3) is 0.0769. The molecule has 0 saturated heterocycles. The van der Waals surface area contributed by atoms with Crippen LogP contribution in [-0.2, 0) is 5.41 Å². The van der Waals surface area contributed by atoms with Crippen molar-refractivity contribution in [2.45, 2.75) is 26.2 Å². The van der Waals surface area contributed by atoms with E-state index in [0.717, 1.165) is 33.8 Å². The molecule has 10 aromatic rings. The van der Waals surface area contributed by atoms with Gasteiger partial charge in [0.15, 0.2) is 0 Å². The second kappa shape index (κ2) is 11.6. The summed E-state index contributed by atoms with van der Waals surface area (Å²) in [6, 6.07) is 55.6. The van der Waals surface area contributed by atoms with Gasteiger partial charge in [0.2, 0.25) is 0 Å². The van der Waals surface area contributed by atoms with E-state index in [4.69, 9.17) is 0 Å². The number of fused-ring (bicyclic) bond motifs is 13. The Morgan fingerprint density at radius 1 is 0.527 bits per heavy atom. The lowest BCUT2D eigenvalue weighted by molar-refractivity contribution is 0.667. The van der Waals surface area contributed by atoms with Gasteiger partial charge >= 0.3 is 0 Å². The summed E-state index contributed by atoms with van der Waals surface area (Å²) in [6.07, 6.45) is 6.34. The van der Waals surface area contributed by atoms with E-state index in [1.807, 2.05) is 6.08 Å². The summed E-state index contributed by atoms with van der Waals surface area (Å²) in [6.45, 7) is 11.3. The maximum atomic E-state index is 4.35. The summed E-state index contributed by atoms with van der Waals surface area (Å²) >= 11 is 0. The summed E-state index contributed by atoms with van der Waals surface area (Å²) in [5.74, 6) is 0.